The van der Waals surface area contributed by atoms with Crippen LogP contribution in [0, 0.1) is 5.41 Å². The zero-order valence-corrected chi connectivity index (χ0v) is 15.7. The molecule has 0 radical (unpaired) electrons. The summed E-state index contributed by atoms with van der Waals surface area (Å²) in [7, 11) is 1.54. The summed E-state index contributed by atoms with van der Waals surface area (Å²) in [5.74, 6) is 0.678. The molecule has 0 bridgehead atoms. The van der Waals surface area contributed by atoms with E-state index < -0.39 is 5.41 Å². The Balaban J connectivity index is 1.66. The molecule has 1 fully saturated rings. The normalized spacial score (nSPS) is 14.4. The number of carbonyl (C=O) groups is 2. The minimum absolute atomic E-state index is 0.0823. The van der Waals surface area contributed by atoms with Gasteiger partial charge in [-0.05, 0) is 63.1 Å². The van der Waals surface area contributed by atoms with E-state index in [-0.39, 0.29) is 17.9 Å². The van der Waals surface area contributed by atoms with Gasteiger partial charge in [0.25, 0.3) is 0 Å². The number of hydrogen-bond donors (Lipinski definition) is 2. The molecule has 27 heavy (non-hydrogen) atoms. The van der Waals surface area contributed by atoms with E-state index in [0.29, 0.717) is 30.0 Å². The van der Waals surface area contributed by atoms with E-state index in [4.69, 9.17) is 9.47 Å². The van der Waals surface area contributed by atoms with Crippen LogP contribution in [0.25, 0.3) is 0 Å². The number of amides is 2. The lowest BCUT2D eigenvalue weighted by molar-refractivity contribution is -0.131. The lowest BCUT2D eigenvalue weighted by Crippen LogP contribution is -2.35. The van der Waals surface area contributed by atoms with Gasteiger partial charge in [-0.2, -0.15) is 0 Å². The van der Waals surface area contributed by atoms with Crippen LogP contribution in [0.15, 0.2) is 48.5 Å². The first-order valence-electron chi connectivity index (χ1n) is 8.97. The van der Waals surface area contributed by atoms with Crippen LogP contribution in [0.4, 0.5) is 11.4 Å². The first-order chi connectivity index (χ1) is 12.9. The predicted octanol–water partition coefficient (Wildman–Crippen LogP) is 3.84. The average molecular weight is 368 g/mol. The summed E-state index contributed by atoms with van der Waals surface area (Å²) >= 11 is 0. The van der Waals surface area contributed by atoms with Crippen molar-refractivity contribution >= 4 is 23.2 Å². The second-order valence-electron chi connectivity index (χ2n) is 6.88. The maximum Gasteiger partial charge on any atom is 0.240 e. The molecular weight excluding hydrogens is 344 g/mol. The zero-order chi connectivity index (χ0) is 19.4. The van der Waals surface area contributed by atoms with E-state index in [2.05, 4.69) is 10.6 Å². The summed E-state index contributed by atoms with van der Waals surface area (Å²) in [6.07, 6.45) is 1.13. The fourth-order valence-electron chi connectivity index (χ4n) is 2.81. The standard InChI is InChI=1S/C21H24N2O4/c1-14(2)27-16-10-8-15(9-11-16)22-19(24)21(12-13-21)20(25)23-17-6-4-5-7-18(17)26-3/h4-11,14H,12-13H2,1-3H3,(H,22,24)(H,23,25). The monoisotopic (exact) mass is 368 g/mol. The molecule has 1 saturated carbocycles. The largest absolute Gasteiger partial charge is 0.495 e. The van der Waals surface area contributed by atoms with Crippen molar-refractivity contribution in [2.24, 2.45) is 5.41 Å². The molecule has 0 unspecified atom stereocenters. The van der Waals surface area contributed by atoms with Crippen LogP contribution in [0.1, 0.15) is 26.7 Å². The minimum Gasteiger partial charge on any atom is -0.495 e. The van der Waals surface area contributed by atoms with E-state index in [1.807, 2.05) is 19.9 Å². The Morgan fingerprint density at radius 3 is 2.19 bits per heavy atom. The fraction of sp³-hybridized carbons (Fsp3) is 0.333. The van der Waals surface area contributed by atoms with Gasteiger partial charge in [-0.1, -0.05) is 12.1 Å². The van der Waals surface area contributed by atoms with Crippen molar-refractivity contribution in [3.8, 4) is 11.5 Å². The number of carbonyl (C=O) groups excluding carboxylic acids is 2. The van der Waals surface area contributed by atoms with Gasteiger partial charge in [0.15, 0.2) is 0 Å². The van der Waals surface area contributed by atoms with Gasteiger partial charge in [0.1, 0.15) is 16.9 Å². The summed E-state index contributed by atoms with van der Waals surface area (Å²) in [5.41, 5.74) is 0.153. The maximum absolute atomic E-state index is 12.7. The zero-order valence-electron chi connectivity index (χ0n) is 15.7. The summed E-state index contributed by atoms with van der Waals surface area (Å²) in [6, 6.07) is 14.3. The quantitative estimate of drug-likeness (QED) is 0.728. The Kier molecular flexibility index (Phi) is 5.35. The molecule has 0 aliphatic heterocycles. The third-order valence-electron chi connectivity index (χ3n) is 4.46. The molecule has 0 saturated heterocycles. The topological polar surface area (TPSA) is 76.7 Å². The second kappa shape index (κ2) is 7.70. The van der Waals surface area contributed by atoms with Crippen LogP contribution in [0.3, 0.4) is 0 Å². The highest BCUT2D eigenvalue weighted by Gasteiger charge is 2.56. The Morgan fingerprint density at radius 1 is 0.963 bits per heavy atom. The number of ether oxygens (including phenoxy) is 2. The third-order valence-corrected chi connectivity index (χ3v) is 4.46. The lowest BCUT2D eigenvalue weighted by atomic mass is 10.0. The van der Waals surface area contributed by atoms with E-state index in [9.17, 15) is 9.59 Å². The van der Waals surface area contributed by atoms with Crippen LogP contribution >= 0.6 is 0 Å². The minimum atomic E-state index is -1.03. The number of methoxy groups -OCH3 is 1. The van der Waals surface area contributed by atoms with E-state index in [1.165, 1.54) is 7.11 Å². The van der Waals surface area contributed by atoms with Crippen LogP contribution in [0.5, 0.6) is 11.5 Å². The Labute approximate surface area is 158 Å². The van der Waals surface area contributed by atoms with Gasteiger partial charge in [-0.15, -0.1) is 0 Å². The van der Waals surface area contributed by atoms with Gasteiger partial charge in [0.2, 0.25) is 11.8 Å². The highest BCUT2D eigenvalue weighted by molar-refractivity contribution is 6.17. The summed E-state index contributed by atoms with van der Waals surface area (Å²) in [4.78, 5) is 25.4. The fourth-order valence-corrected chi connectivity index (χ4v) is 2.81. The van der Waals surface area contributed by atoms with Crippen molar-refractivity contribution < 1.29 is 19.1 Å². The molecule has 6 nitrogen and oxygen atoms in total. The number of para-hydroxylation sites is 2. The van der Waals surface area contributed by atoms with E-state index in [1.54, 1.807) is 42.5 Å². The molecular formula is C21H24N2O4. The van der Waals surface area contributed by atoms with Crippen molar-refractivity contribution in [3.05, 3.63) is 48.5 Å². The molecule has 2 amide bonds. The van der Waals surface area contributed by atoms with Crippen LogP contribution < -0.4 is 20.1 Å². The Morgan fingerprint density at radius 2 is 1.59 bits per heavy atom. The van der Waals surface area contributed by atoms with Crippen LogP contribution in [-0.4, -0.2) is 25.0 Å². The maximum atomic E-state index is 12.7. The highest BCUT2D eigenvalue weighted by atomic mass is 16.5. The SMILES string of the molecule is COc1ccccc1NC(=O)C1(C(=O)Nc2ccc(OC(C)C)cc2)CC1. The number of anilines is 2. The van der Waals surface area contributed by atoms with Gasteiger partial charge < -0.3 is 20.1 Å². The van der Waals surface area contributed by atoms with Gasteiger partial charge in [0.05, 0.1) is 18.9 Å². The number of hydrogen-bond acceptors (Lipinski definition) is 4. The summed E-state index contributed by atoms with van der Waals surface area (Å²) in [5, 5.41) is 5.65. The van der Waals surface area contributed by atoms with Crippen LogP contribution in [-0.2, 0) is 9.59 Å². The van der Waals surface area contributed by atoms with Gasteiger partial charge in [0, 0.05) is 5.69 Å². The first kappa shape index (κ1) is 18.8. The molecule has 0 heterocycles. The molecule has 1 aliphatic carbocycles. The smallest absolute Gasteiger partial charge is 0.240 e. The predicted molar refractivity (Wildman–Crippen MR) is 104 cm³/mol. The number of benzene rings is 2. The van der Waals surface area contributed by atoms with Crippen molar-refractivity contribution in [2.75, 3.05) is 17.7 Å². The molecule has 0 spiro atoms. The second-order valence-corrected chi connectivity index (χ2v) is 6.88. The molecule has 0 atom stereocenters. The molecule has 2 aromatic carbocycles. The summed E-state index contributed by atoms with van der Waals surface area (Å²) < 4.78 is 10.8. The lowest BCUT2D eigenvalue weighted by Gasteiger charge is -2.17. The molecule has 2 N–H and O–H groups in total. The van der Waals surface area contributed by atoms with E-state index in [0.717, 1.165) is 5.75 Å². The average Bonchev–Trinajstić information content (AvgIpc) is 3.45. The van der Waals surface area contributed by atoms with Crippen molar-refractivity contribution in [1.29, 1.82) is 0 Å². The van der Waals surface area contributed by atoms with Gasteiger partial charge in [-0.3, -0.25) is 9.59 Å². The number of nitrogens with one attached hydrogen (secondary N) is 2. The molecule has 3 rings (SSSR count). The van der Waals surface area contributed by atoms with Crippen molar-refractivity contribution in [2.45, 2.75) is 32.8 Å². The van der Waals surface area contributed by atoms with E-state index >= 15 is 0 Å². The van der Waals surface area contributed by atoms with Crippen molar-refractivity contribution in [3.63, 3.8) is 0 Å². The molecule has 142 valence electrons. The summed E-state index contributed by atoms with van der Waals surface area (Å²) in [6.45, 7) is 3.90. The highest BCUT2D eigenvalue weighted by Crippen LogP contribution is 2.48. The van der Waals surface area contributed by atoms with Gasteiger partial charge >= 0.3 is 0 Å². The molecule has 2 aromatic rings. The molecule has 1 aliphatic rings. The third kappa shape index (κ3) is 4.22. The Bertz CT molecular complexity index is 826. The molecule has 6 heteroatoms. The Hall–Kier alpha value is -3.02. The van der Waals surface area contributed by atoms with Crippen LogP contribution in [0.2, 0.25) is 0 Å². The van der Waals surface area contributed by atoms with Crippen molar-refractivity contribution in [1.82, 2.24) is 0 Å². The first-order valence-corrected chi connectivity index (χ1v) is 8.97. The molecule has 0 aromatic heterocycles. The van der Waals surface area contributed by atoms with Gasteiger partial charge in [-0.25, -0.2) is 0 Å². The number of rotatable bonds is 7.